The smallest absolute Gasteiger partial charge is 0.201 e. The molecule has 6 heteroatoms. The topological polar surface area (TPSA) is 110 Å². The molecule has 6 nitrogen and oxygen atoms in total. The van der Waals surface area contributed by atoms with E-state index in [2.05, 4.69) is 29.7 Å². The Kier molecular flexibility index (Phi) is 5.35. The maximum atomic E-state index is 8.76. The number of nitrogens with two attached hydrogens (primary N) is 1. The predicted molar refractivity (Wildman–Crippen MR) is 78.4 cm³/mol. The Labute approximate surface area is 112 Å². The third kappa shape index (κ3) is 4.68. The summed E-state index contributed by atoms with van der Waals surface area (Å²) in [6.45, 7) is 5.07. The van der Waals surface area contributed by atoms with Crippen molar-refractivity contribution in [2.75, 3.05) is 17.3 Å². The second kappa shape index (κ2) is 7.01. The average Bonchev–Trinajstić information content (AvgIpc) is 2.37. The molecule has 0 unspecified atom stereocenters. The van der Waals surface area contributed by atoms with Gasteiger partial charge in [0.1, 0.15) is 6.07 Å². The van der Waals surface area contributed by atoms with Crippen molar-refractivity contribution in [1.82, 2.24) is 0 Å². The van der Waals surface area contributed by atoms with Crippen LogP contribution in [0.1, 0.15) is 13.8 Å². The SMILES string of the molecule is CC(C)CNc1ccccc1N/N=C(\C#N)C(=N)N. The van der Waals surface area contributed by atoms with Crippen LogP contribution in [0.25, 0.3) is 0 Å². The second-order valence-electron chi connectivity index (χ2n) is 4.42. The molecule has 0 aromatic heterocycles. The van der Waals surface area contributed by atoms with Crippen molar-refractivity contribution in [1.29, 1.82) is 10.7 Å². The second-order valence-corrected chi connectivity index (χ2v) is 4.42. The number of rotatable bonds is 6. The van der Waals surface area contributed by atoms with Crippen LogP contribution in [0.2, 0.25) is 0 Å². The first-order valence-corrected chi connectivity index (χ1v) is 5.95. The van der Waals surface area contributed by atoms with Crippen molar-refractivity contribution in [3.8, 4) is 6.07 Å². The zero-order valence-electron chi connectivity index (χ0n) is 11.1. The van der Waals surface area contributed by atoms with Gasteiger partial charge in [0.2, 0.25) is 5.71 Å². The largest absolute Gasteiger partial charge is 0.383 e. The molecule has 0 fully saturated rings. The van der Waals surface area contributed by atoms with Crippen LogP contribution in [0, 0.1) is 22.7 Å². The molecule has 0 saturated carbocycles. The molecule has 0 aliphatic heterocycles. The monoisotopic (exact) mass is 258 g/mol. The minimum Gasteiger partial charge on any atom is -0.383 e. The van der Waals surface area contributed by atoms with E-state index in [4.69, 9.17) is 16.4 Å². The number of nitrogens with one attached hydrogen (secondary N) is 3. The fraction of sp³-hybridized carbons (Fsp3) is 0.308. The quantitative estimate of drug-likeness (QED) is 0.355. The van der Waals surface area contributed by atoms with Gasteiger partial charge in [0, 0.05) is 6.54 Å². The molecule has 100 valence electrons. The maximum Gasteiger partial charge on any atom is 0.201 e. The summed E-state index contributed by atoms with van der Waals surface area (Å²) in [5.41, 5.74) is 9.46. The van der Waals surface area contributed by atoms with Crippen LogP contribution in [0.15, 0.2) is 29.4 Å². The molecule has 19 heavy (non-hydrogen) atoms. The van der Waals surface area contributed by atoms with Gasteiger partial charge in [-0.25, -0.2) is 0 Å². The van der Waals surface area contributed by atoms with E-state index < -0.39 is 0 Å². The first-order valence-electron chi connectivity index (χ1n) is 5.95. The van der Waals surface area contributed by atoms with Gasteiger partial charge in [-0.2, -0.15) is 10.4 Å². The van der Waals surface area contributed by atoms with Crippen molar-refractivity contribution in [3.63, 3.8) is 0 Å². The number of para-hydroxylation sites is 2. The van der Waals surface area contributed by atoms with Crippen molar-refractivity contribution < 1.29 is 0 Å². The Hall–Kier alpha value is -2.55. The molecule has 1 rings (SSSR count). The Morgan fingerprint density at radius 1 is 1.42 bits per heavy atom. The van der Waals surface area contributed by atoms with E-state index in [0.29, 0.717) is 5.92 Å². The van der Waals surface area contributed by atoms with Gasteiger partial charge < -0.3 is 11.1 Å². The molecule has 0 atom stereocenters. The Morgan fingerprint density at radius 3 is 2.58 bits per heavy atom. The minimum atomic E-state index is -0.359. The molecule has 0 heterocycles. The van der Waals surface area contributed by atoms with Crippen LogP contribution in [0.4, 0.5) is 11.4 Å². The van der Waals surface area contributed by atoms with E-state index in [1.165, 1.54) is 0 Å². The summed E-state index contributed by atoms with van der Waals surface area (Å²) in [5, 5.41) is 23.0. The fourth-order valence-electron chi connectivity index (χ4n) is 1.31. The standard InChI is InChI=1S/C13H18N6/c1-9(2)8-17-10-5-3-4-6-11(10)18-19-12(7-14)13(15)16/h3-6,9,17-18H,8H2,1-2H3,(H3,15,16)/b19-12+. The average molecular weight is 258 g/mol. The van der Waals surface area contributed by atoms with Crippen LogP contribution in [0.3, 0.4) is 0 Å². The van der Waals surface area contributed by atoms with Crippen molar-refractivity contribution in [2.45, 2.75) is 13.8 Å². The summed E-state index contributed by atoms with van der Waals surface area (Å²) in [6.07, 6.45) is 0. The number of hydrogen-bond donors (Lipinski definition) is 4. The maximum absolute atomic E-state index is 8.76. The number of hydrogen-bond acceptors (Lipinski definition) is 5. The van der Waals surface area contributed by atoms with E-state index >= 15 is 0 Å². The van der Waals surface area contributed by atoms with Gasteiger partial charge in [0.15, 0.2) is 5.84 Å². The Morgan fingerprint density at radius 2 is 2.05 bits per heavy atom. The number of amidine groups is 1. The minimum absolute atomic E-state index is 0.140. The highest BCUT2D eigenvalue weighted by atomic mass is 15.3. The van der Waals surface area contributed by atoms with Crippen LogP contribution in [-0.4, -0.2) is 18.1 Å². The molecule has 1 aromatic carbocycles. The van der Waals surface area contributed by atoms with E-state index in [1.54, 1.807) is 6.07 Å². The molecule has 0 aliphatic rings. The van der Waals surface area contributed by atoms with Gasteiger partial charge in [-0.05, 0) is 18.1 Å². The lowest BCUT2D eigenvalue weighted by Crippen LogP contribution is -2.22. The van der Waals surface area contributed by atoms with Crippen LogP contribution in [-0.2, 0) is 0 Å². The molecule has 1 aromatic rings. The molecule has 0 spiro atoms. The van der Waals surface area contributed by atoms with E-state index in [0.717, 1.165) is 17.9 Å². The Bertz CT molecular complexity index is 512. The number of nitrogens with zero attached hydrogens (tertiary/aromatic N) is 2. The molecule has 0 aliphatic carbocycles. The fourth-order valence-corrected chi connectivity index (χ4v) is 1.31. The summed E-state index contributed by atoms with van der Waals surface area (Å²) in [5.74, 6) is 0.158. The summed E-state index contributed by atoms with van der Waals surface area (Å²) < 4.78 is 0. The van der Waals surface area contributed by atoms with Gasteiger partial charge in [0.05, 0.1) is 11.4 Å². The highest BCUT2D eigenvalue weighted by molar-refractivity contribution is 6.45. The number of nitriles is 1. The number of benzene rings is 1. The summed E-state index contributed by atoms with van der Waals surface area (Å²) in [6, 6.07) is 9.28. The van der Waals surface area contributed by atoms with Crippen molar-refractivity contribution in [2.24, 2.45) is 16.8 Å². The van der Waals surface area contributed by atoms with E-state index in [1.807, 2.05) is 24.3 Å². The number of hydrazone groups is 1. The van der Waals surface area contributed by atoms with Crippen LogP contribution >= 0.6 is 0 Å². The predicted octanol–water partition coefficient (Wildman–Crippen LogP) is 1.98. The van der Waals surface area contributed by atoms with Crippen LogP contribution < -0.4 is 16.5 Å². The molecular weight excluding hydrogens is 240 g/mol. The first-order chi connectivity index (χ1) is 9.04. The van der Waals surface area contributed by atoms with Gasteiger partial charge in [0.25, 0.3) is 0 Å². The highest BCUT2D eigenvalue weighted by Gasteiger charge is 2.04. The molecule has 0 amide bonds. The summed E-state index contributed by atoms with van der Waals surface area (Å²) >= 11 is 0. The lowest BCUT2D eigenvalue weighted by molar-refractivity contribution is 0.689. The summed E-state index contributed by atoms with van der Waals surface area (Å²) in [7, 11) is 0. The van der Waals surface area contributed by atoms with Gasteiger partial charge in [-0.3, -0.25) is 10.8 Å². The van der Waals surface area contributed by atoms with E-state index in [-0.39, 0.29) is 11.5 Å². The molecular formula is C13H18N6. The third-order valence-corrected chi connectivity index (χ3v) is 2.28. The van der Waals surface area contributed by atoms with Crippen LogP contribution in [0.5, 0.6) is 0 Å². The summed E-state index contributed by atoms with van der Waals surface area (Å²) in [4.78, 5) is 0. The molecule has 0 bridgehead atoms. The van der Waals surface area contributed by atoms with Gasteiger partial charge >= 0.3 is 0 Å². The van der Waals surface area contributed by atoms with Gasteiger partial charge in [-0.15, -0.1) is 0 Å². The molecule has 0 saturated heterocycles. The van der Waals surface area contributed by atoms with Crippen molar-refractivity contribution in [3.05, 3.63) is 24.3 Å². The first kappa shape index (κ1) is 14.5. The highest BCUT2D eigenvalue weighted by Crippen LogP contribution is 2.21. The molecule has 5 N–H and O–H groups in total. The zero-order chi connectivity index (χ0) is 14.3. The Balaban J connectivity index is 2.84. The van der Waals surface area contributed by atoms with E-state index in [9.17, 15) is 0 Å². The number of anilines is 2. The lowest BCUT2D eigenvalue weighted by atomic mass is 10.2. The zero-order valence-corrected chi connectivity index (χ0v) is 11.1. The van der Waals surface area contributed by atoms with Crippen molar-refractivity contribution >= 4 is 22.9 Å². The van der Waals surface area contributed by atoms with Gasteiger partial charge in [-0.1, -0.05) is 26.0 Å². The molecule has 0 radical (unpaired) electrons. The lowest BCUT2D eigenvalue weighted by Gasteiger charge is -2.13. The third-order valence-electron chi connectivity index (χ3n) is 2.28. The normalized spacial score (nSPS) is 10.9.